The van der Waals surface area contributed by atoms with E-state index in [1.54, 1.807) is 38.1 Å². The molecular weight excluding hydrogens is 378 g/mol. The molecule has 0 unspecified atom stereocenters. The molecule has 7 nitrogen and oxygen atoms in total. The van der Waals surface area contributed by atoms with Crippen LogP contribution in [-0.4, -0.2) is 38.3 Å². The normalized spacial score (nSPS) is 11.1. The highest BCUT2D eigenvalue weighted by Crippen LogP contribution is 2.24. The Morgan fingerprint density at radius 1 is 1.21 bits per heavy atom. The summed E-state index contributed by atoms with van der Waals surface area (Å²) in [4.78, 5) is 12.5. The molecule has 0 aliphatic heterocycles. The van der Waals surface area contributed by atoms with Crippen LogP contribution in [-0.2, 0) is 14.8 Å². The van der Waals surface area contributed by atoms with Crippen molar-refractivity contribution >= 4 is 21.6 Å². The summed E-state index contributed by atoms with van der Waals surface area (Å²) < 4.78 is 32.4. The summed E-state index contributed by atoms with van der Waals surface area (Å²) in [6, 6.07) is 13.0. The van der Waals surface area contributed by atoms with Crippen LogP contribution in [0.5, 0.6) is 5.75 Å². The molecule has 0 spiro atoms. The summed E-state index contributed by atoms with van der Waals surface area (Å²) >= 11 is 0. The number of anilines is 1. The number of rotatable bonds is 8. The van der Waals surface area contributed by atoms with Crippen LogP contribution in [0.15, 0.2) is 47.4 Å². The lowest BCUT2D eigenvalue weighted by Gasteiger charge is -2.21. The molecule has 1 amide bonds. The van der Waals surface area contributed by atoms with Crippen molar-refractivity contribution in [3.05, 3.63) is 53.6 Å². The minimum Gasteiger partial charge on any atom is -0.494 e. The molecule has 0 fully saturated rings. The minimum atomic E-state index is -3.84. The van der Waals surface area contributed by atoms with Gasteiger partial charge in [0, 0.05) is 12.2 Å². The second kappa shape index (κ2) is 9.35. The molecule has 0 atom stereocenters. The number of nitriles is 1. The van der Waals surface area contributed by atoms with Gasteiger partial charge in [-0.05, 0) is 55.8 Å². The number of amides is 1. The number of carbonyl (C=O) groups excluding carboxylic acids is 1. The van der Waals surface area contributed by atoms with E-state index in [4.69, 9.17) is 10.00 Å². The topological polar surface area (TPSA) is 99.5 Å². The zero-order chi connectivity index (χ0) is 20.7. The third-order valence-corrected chi connectivity index (χ3v) is 5.95. The van der Waals surface area contributed by atoms with Crippen molar-refractivity contribution in [2.75, 3.05) is 25.0 Å². The van der Waals surface area contributed by atoms with Gasteiger partial charge in [-0.15, -0.1) is 0 Å². The van der Waals surface area contributed by atoms with E-state index >= 15 is 0 Å². The predicted octanol–water partition coefficient (Wildman–Crippen LogP) is 2.91. The highest BCUT2D eigenvalue weighted by Gasteiger charge is 2.26. The fourth-order valence-electron chi connectivity index (χ4n) is 2.64. The Morgan fingerprint density at radius 2 is 1.96 bits per heavy atom. The number of likely N-dealkylation sites (N-methyl/N-ethyl adjacent to an activating group) is 1. The van der Waals surface area contributed by atoms with Crippen molar-refractivity contribution < 1.29 is 17.9 Å². The molecule has 1 N–H and O–H groups in total. The van der Waals surface area contributed by atoms with E-state index < -0.39 is 15.9 Å². The number of nitrogens with one attached hydrogen (secondary N) is 1. The second-order valence-corrected chi connectivity index (χ2v) is 7.97. The Morgan fingerprint density at radius 3 is 2.57 bits per heavy atom. The minimum absolute atomic E-state index is 0.106. The van der Waals surface area contributed by atoms with E-state index in [1.807, 2.05) is 13.0 Å². The molecule has 2 aromatic rings. The molecule has 0 heterocycles. The van der Waals surface area contributed by atoms with Crippen LogP contribution in [0.4, 0.5) is 5.69 Å². The number of nitrogens with zero attached hydrogens (tertiary/aromatic N) is 2. The van der Waals surface area contributed by atoms with Gasteiger partial charge < -0.3 is 10.1 Å². The first-order chi connectivity index (χ1) is 13.3. The van der Waals surface area contributed by atoms with Gasteiger partial charge in [-0.1, -0.05) is 13.0 Å². The van der Waals surface area contributed by atoms with Gasteiger partial charge in [0.05, 0.1) is 29.7 Å². The van der Waals surface area contributed by atoms with E-state index in [2.05, 4.69) is 5.32 Å². The first-order valence-electron chi connectivity index (χ1n) is 8.85. The lowest BCUT2D eigenvalue weighted by Crippen LogP contribution is -2.37. The number of ether oxygens (including phenoxy) is 1. The maximum Gasteiger partial charge on any atom is 0.243 e. The molecule has 8 heteroatoms. The zero-order valence-electron chi connectivity index (χ0n) is 16.1. The maximum absolute atomic E-state index is 12.9. The quantitative estimate of drug-likeness (QED) is 0.733. The summed E-state index contributed by atoms with van der Waals surface area (Å²) in [6.07, 6.45) is 0. The van der Waals surface area contributed by atoms with Gasteiger partial charge in [0.25, 0.3) is 0 Å². The number of carbonyl (C=O) groups is 1. The number of hydrogen-bond acceptors (Lipinski definition) is 5. The van der Waals surface area contributed by atoms with Crippen LogP contribution in [0.1, 0.15) is 25.0 Å². The average Bonchev–Trinajstić information content (AvgIpc) is 2.67. The van der Waals surface area contributed by atoms with Gasteiger partial charge >= 0.3 is 0 Å². The fourth-order valence-corrected chi connectivity index (χ4v) is 4.13. The van der Waals surface area contributed by atoms with Crippen LogP contribution >= 0.6 is 0 Å². The molecular formula is C20H23N3O4S. The molecule has 0 aliphatic carbocycles. The molecule has 2 rings (SSSR count). The van der Waals surface area contributed by atoms with Crippen molar-refractivity contribution in [1.82, 2.24) is 4.31 Å². The van der Waals surface area contributed by atoms with Crippen LogP contribution in [0, 0.1) is 18.3 Å². The first kappa shape index (κ1) is 21.4. The van der Waals surface area contributed by atoms with Crippen LogP contribution in [0.25, 0.3) is 0 Å². The van der Waals surface area contributed by atoms with E-state index in [0.717, 1.165) is 4.31 Å². The van der Waals surface area contributed by atoms with Crippen molar-refractivity contribution in [3.63, 3.8) is 0 Å². The maximum atomic E-state index is 12.9. The van der Waals surface area contributed by atoms with E-state index in [9.17, 15) is 13.2 Å². The van der Waals surface area contributed by atoms with Crippen molar-refractivity contribution in [2.45, 2.75) is 25.7 Å². The van der Waals surface area contributed by atoms with Gasteiger partial charge in [0.2, 0.25) is 15.9 Å². The Hall–Kier alpha value is -2.89. The second-order valence-electron chi connectivity index (χ2n) is 6.03. The smallest absolute Gasteiger partial charge is 0.243 e. The number of hydrogen-bond donors (Lipinski definition) is 1. The van der Waals surface area contributed by atoms with E-state index in [0.29, 0.717) is 29.2 Å². The number of sulfonamides is 1. The molecule has 2 aromatic carbocycles. The third-order valence-electron chi connectivity index (χ3n) is 4.03. The first-order valence-corrected chi connectivity index (χ1v) is 10.3. The summed E-state index contributed by atoms with van der Waals surface area (Å²) in [5, 5.41) is 11.6. The standard InChI is InChI=1S/C20H23N3O4S/c1-4-23(14-20(24)22-17-8-6-7-16(12-17)13-21)28(25,26)18-9-10-19(27-5-2)15(3)11-18/h6-12H,4-5,14H2,1-3H3,(H,22,24). The molecule has 0 radical (unpaired) electrons. The number of benzene rings is 2. The molecule has 0 saturated heterocycles. The van der Waals surface area contributed by atoms with E-state index in [-0.39, 0.29) is 18.0 Å². The lowest BCUT2D eigenvalue weighted by molar-refractivity contribution is -0.116. The average molecular weight is 401 g/mol. The predicted molar refractivity (Wildman–Crippen MR) is 107 cm³/mol. The van der Waals surface area contributed by atoms with Gasteiger partial charge in [0.1, 0.15) is 5.75 Å². The Labute approximate surface area is 165 Å². The van der Waals surface area contributed by atoms with Crippen LogP contribution in [0.3, 0.4) is 0 Å². The molecule has 0 aliphatic rings. The molecule has 148 valence electrons. The summed E-state index contributed by atoms with van der Waals surface area (Å²) in [6.45, 7) is 5.59. The lowest BCUT2D eigenvalue weighted by atomic mass is 10.2. The van der Waals surface area contributed by atoms with Gasteiger partial charge in [-0.25, -0.2) is 8.42 Å². The Kier molecular flexibility index (Phi) is 7.15. The Balaban J connectivity index is 2.17. The molecule has 28 heavy (non-hydrogen) atoms. The highest BCUT2D eigenvalue weighted by atomic mass is 32.2. The van der Waals surface area contributed by atoms with Gasteiger partial charge in [-0.2, -0.15) is 9.57 Å². The van der Waals surface area contributed by atoms with Gasteiger partial charge in [0.15, 0.2) is 0 Å². The van der Waals surface area contributed by atoms with E-state index in [1.165, 1.54) is 18.2 Å². The zero-order valence-corrected chi connectivity index (χ0v) is 16.9. The largest absolute Gasteiger partial charge is 0.494 e. The van der Waals surface area contributed by atoms with Gasteiger partial charge in [-0.3, -0.25) is 4.79 Å². The fraction of sp³-hybridized carbons (Fsp3) is 0.300. The molecule has 0 bridgehead atoms. The monoisotopic (exact) mass is 401 g/mol. The van der Waals surface area contributed by atoms with Crippen LogP contribution in [0.2, 0.25) is 0 Å². The Bertz CT molecular complexity index is 997. The summed E-state index contributed by atoms with van der Waals surface area (Å²) in [7, 11) is -3.84. The SMILES string of the molecule is CCOc1ccc(S(=O)(=O)N(CC)CC(=O)Nc2cccc(C#N)c2)cc1C. The van der Waals surface area contributed by atoms with Crippen molar-refractivity contribution in [2.24, 2.45) is 0 Å². The molecule has 0 saturated carbocycles. The summed E-state index contributed by atoms with van der Waals surface area (Å²) in [5.41, 5.74) is 1.55. The number of aryl methyl sites for hydroxylation is 1. The molecule has 0 aromatic heterocycles. The summed E-state index contributed by atoms with van der Waals surface area (Å²) in [5.74, 6) is 0.141. The van der Waals surface area contributed by atoms with Crippen molar-refractivity contribution in [3.8, 4) is 11.8 Å². The van der Waals surface area contributed by atoms with Crippen LogP contribution < -0.4 is 10.1 Å². The highest BCUT2D eigenvalue weighted by molar-refractivity contribution is 7.89. The third kappa shape index (κ3) is 5.09. The van der Waals surface area contributed by atoms with Crippen molar-refractivity contribution in [1.29, 1.82) is 5.26 Å².